The van der Waals surface area contributed by atoms with E-state index in [0.29, 0.717) is 6.04 Å². The number of nitrogens with one attached hydrogen (secondary N) is 2. The molecule has 5 nitrogen and oxygen atoms in total. The lowest BCUT2D eigenvalue weighted by Crippen LogP contribution is -2.53. The Labute approximate surface area is 149 Å². The molecule has 2 fully saturated rings. The van der Waals surface area contributed by atoms with Crippen LogP contribution in [0.3, 0.4) is 0 Å². The maximum atomic E-state index is 12.7. The Balaban J connectivity index is 1.37. The van der Waals surface area contributed by atoms with Crippen molar-refractivity contribution in [3.63, 3.8) is 0 Å². The van der Waals surface area contributed by atoms with Gasteiger partial charge in [0.25, 0.3) is 5.91 Å². The van der Waals surface area contributed by atoms with Crippen molar-refractivity contribution < 1.29 is 4.79 Å². The number of carbonyl (C=O) groups is 1. The molecule has 1 atom stereocenters. The van der Waals surface area contributed by atoms with Gasteiger partial charge in [0, 0.05) is 41.3 Å². The van der Waals surface area contributed by atoms with E-state index in [1.807, 2.05) is 30.5 Å². The van der Waals surface area contributed by atoms with Gasteiger partial charge in [0.05, 0.1) is 0 Å². The number of carbonyl (C=O) groups excluding carboxylic acids is 1. The molecule has 5 heteroatoms. The molecular weight excluding hydrogens is 312 g/mol. The number of rotatable bonds is 3. The Morgan fingerprint density at radius 3 is 2.84 bits per heavy atom. The predicted octanol–water partition coefficient (Wildman–Crippen LogP) is 2.46. The second-order valence-corrected chi connectivity index (χ2v) is 7.62. The maximum absolute atomic E-state index is 12.7. The van der Waals surface area contributed by atoms with Gasteiger partial charge in [-0.2, -0.15) is 0 Å². The Morgan fingerprint density at radius 1 is 1.16 bits per heavy atom. The predicted molar refractivity (Wildman–Crippen MR) is 101 cm³/mol. The molecule has 25 heavy (non-hydrogen) atoms. The summed E-state index contributed by atoms with van der Waals surface area (Å²) >= 11 is 0. The minimum absolute atomic E-state index is 0.0540. The first-order valence-electron chi connectivity index (χ1n) is 9.49. The molecular formula is C20H28N4O. The Hall–Kier alpha value is -1.85. The van der Waals surface area contributed by atoms with E-state index in [4.69, 9.17) is 0 Å². The zero-order chi connectivity index (χ0) is 17.2. The van der Waals surface area contributed by atoms with Crippen LogP contribution in [0, 0.1) is 0 Å². The molecule has 0 spiro atoms. The summed E-state index contributed by atoms with van der Waals surface area (Å²) in [6.45, 7) is 4.55. The highest BCUT2D eigenvalue weighted by atomic mass is 16.1. The molecule has 0 bridgehead atoms. The van der Waals surface area contributed by atoms with Crippen LogP contribution in [0.15, 0.2) is 30.5 Å². The van der Waals surface area contributed by atoms with Crippen molar-refractivity contribution in [2.45, 2.75) is 37.8 Å². The first kappa shape index (κ1) is 16.6. The number of H-pyrrole nitrogens is 1. The van der Waals surface area contributed by atoms with Crippen molar-refractivity contribution in [2.75, 3.05) is 33.2 Å². The lowest BCUT2D eigenvalue weighted by Gasteiger charge is -2.41. The molecule has 2 saturated heterocycles. The average Bonchev–Trinajstić information content (AvgIpc) is 3.10. The zero-order valence-corrected chi connectivity index (χ0v) is 15.0. The van der Waals surface area contributed by atoms with E-state index in [2.05, 4.69) is 27.1 Å². The topological polar surface area (TPSA) is 51.4 Å². The number of aromatic nitrogens is 1. The smallest absolute Gasteiger partial charge is 0.251 e. The zero-order valence-electron chi connectivity index (χ0n) is 15.0. The molecule has 134 valence electrons. The van der Waals surface area contributed by atoms with Gasteiger partial charge in [0.15, 0.2) is 0 Å². The maximum Gasteiger partial charge on any atom is 0.251 e. The monoisotopic (exact) mass is 340 g/mol. The molecule has 2 aliphatic heterocycles. The largest absolute Gasteiger partial charge is 0.361 e. The molecule has 2 aliphatic rings. The van der Waals surface area contributed by atoms with Crippen LogP contribution >= 0.6 is 0 Å². The highest BCUT2D eigenvalue weighted by Crippen LogP contribution is 2.21. The summed E-state index contributed by atoms with van der Waals surface area (Å²) in [5.41, 5.74) is 1.83. The van der Waals surface area contributed by atoms with Crippen LogP contribution in [0.1, 0.15) is 36.0 Å². The van der Waals surface area contributed by atoms with Crippen molar-refractivity contribution in [3.8, 4) is 0 Å². The van der Waals surface area contributed by atoms with Gasteiger partial charge in [-0.3, -0.25) is 9.69 Å². The fourth-order valence-electron chi connectivity index (χ4n) is 4.28. The molecule has 0 aliphatic carbocycles. The van der Waals surface area contributed by atoms with Crippen LogP contribution in [0.4, 0.5) is 0 Å². The van der Waals surface area contributed by atoms with Crippen molar-refractivity contribution >= 4 is 16.8 Å². The van der Waals surface area contributed by atoms with Crippen molar-refractivity contribution in [1.29, 1.82) is 0 Å². The van der Waals surface area contributed by atoms with Gasteiger partial charge in [-0.25, -0.2) is 0 Å². The molecule has 4 rings (SSSR count). The number of hydrogen-bond acceptors (Lipinski definition) is 3. The number of hydrogen-bond donors (Lipinski definition) is 2. The van der Waals surface area contributed by atoms with Crippen LogP contribution < -0.4 is 5.32 Å². The fourth-order valence-corrected chi connectivity index (χ4v) is 4.28. The number of aromatic amines is 1. The molecule has 0 unspecified atom stereocenters. The van der Waals surface area contributed by atoms with E-state index in [0.717, 1.165) is 29.4 Å². The van der Waals surface area contributed by atoms with E-state index in [1.54, 1.807) is 0 Å². The molecule has 3 heterocycles. The number of piperidine rings is 2. The van der Waals surface area contributed by atoms with Crippen LogP contribution in [-0.4, -0.2) is 66.0 Å². The standard InChI is InChI=1S/C20H28N4O/c1-23-11-7-18(8-12-23)24-10-2-3-17(14-24)22-20(25)16-4-5-19-15(13-16)6-9-21-19/h4-6,9,13,17-18,21H,2-3,7-8,10-12,14H2,1H3,(H,22,25)/t17-/m1/s1. The molecule has 1 aromatic carbocycles. The number of fused-ring (bicyclic) bond motifs is 1. The molecule has 1 aromatic heterocycles. The summed E-state index contributed by atoms with van der Waals surface area (Å²) in [4.78, 5) is 20.8. The summed E-state index contributed by atoms with van der Waals surface area (Å²) in [5, 5.41) is 4.36. The van der Waals surface area contributed by atoms with Crippen LogP contribution in [0.2, 0.25) is 0 Å². The van der Waals surface area contributed by atoms with Gasteiger partial charge in [-0.05, 0) is 76.6 Å². The van der Waals surface area contributed by atoms with Crippen LogP contribution in [-0.2, 0) is 0 Å². The van der Waals surface area contributed by atoms with Gasteiger partial charge in [-0.15, -0.1) is 0 Å². The van der Waals surface area contributed by atoms with Crippen LogP contribution in [0.5, 0.6) is 0 Å². The van der Waals surface area contributed by atoms with Crippen molar-refractivity contribution in [1.82, 2.24) is 20.1 Å². The summed E-state index contributed by atoms with van der Waals surface area (Å²) < 4.78 is 0. The number of nitrogens with zero attached hydrogens (tertiary/aromatic N) is 2. The molecule has 1 amide bonds. The third-order valence-corrected chi connectivity index (χ3v) is 5.81. The average molecular weight is 340 g/mol. The summed E-state index contributed by atoms with van der Waals surface area (Å²) in [6.07, 6.45) is 6.67. The van der Waals surface area contributed by atoms with Gasteiger partial charge in [0.1, 0.15) is 0 Å². The molecule has 0 saturated carbocycles. The third-order valence-electron chi connectivity index (χ3n) is 5.81. The minimum atomic E-state index is 0.0540. The number of amides is 1. The second-order valence-electron chi connectivity index (χ2n) is 7.62. The summed E-state index contributed by atoms with van der Waals surface area (Å²) in [6, 6.07) is 8.82. The van der Waals surface area contributed by atoms with Crippen molar-refractivity contribution in [2.24, 2.45) is 0 Å². The van der Waals surface area contributed by atoms with Gasteiger partial charge in [0.2, 0.25) is 0 Å². The number of likely N-dealkylation sites (tertiary alicyclic amines) is 2. The van der Waals surface area contributed by atoms with E-state index >= 15 is 0 Å². The Morgan fingerprint density at radius 2 is 2.00 bits per heavy atom. The van der Waals surface area contributed by atoms with E-state index < -0.39 is 0 Å². The third kappa shape index (κ3) is 3.72. The SMILES string of the molecule is CN1CCC(N2CCC[C@@H](NC(=O)c3ccc4[nH]ccc4c3)C2)CC1. The summed E-state index contributed by atoms with van der Waals surface area (Å²) in [5.74, 6) is 0.0540. The Bertz CT molecular complexity index is 732. The second kappa shape index (κ2) is 7.18. The quantitative estimate of drug-likeness (QED) is 0.902. The van der Waals surface area contributed by atoms with Gasteiger partial charge in [-0.1, -0.05) is 0 Å². The normalized spacial score (nSPS) is 23.8. The first-order valence-corrected chi connectivity index (χ1v) is 9.49. The lowest BCUT2D eigenvalue weighted by atomic mass is 9.98. The molecule has 0 radical (unpaired) electrons. The molecule has 2 aromatic rings. The van der Waals surface area contributed by atoms with Crippen LogP contribution in [0.25, 0.3) is 10.9 Å². The van der Waals surface area contributed by atoms with Gasteiger partial charge < -0.3 is 15.2 Å². The first-order chi connectivity index (χ1) is 12.2. The van der Waals surface area contributed by atoms with E-state index in [-0.39, 0.29) is 11.9 Å². The van der Waals surface area contributed by atoms with Crippen molar-refractivity contribution in [3.05, 3.63) is 36.0 Å². The molecule has 2 N–H and O–H groups in total. The fraction of sp³-hybridized carbons (Fsp3) is 0.550. The highest BCUT2D eigenvalue weighted by Gasteiger charge is 2.28. The summed E-state index contributed by atoms with van der Waals surface area (Å²) in [7, 11) is 2.21. The number of benzene rings is 1. The highest BCUT2D eigenvalue weighted by molar-refractivity contribution is 5.98. The Kier molecular flexibility index (Phi) is 4.77. The lowest BCUT2D eigenvalue weighted by molar-refractivity contribution is 0.0766. The minimum Gasteiger partial charge on any atom is -0.361 e. The van der Waals surface area contributed by atoms with E-state index in [9.17, 15) is 4.79 Å². The van der Waals surface area contributed by atoms with Gasteiger partial charge >= 0.3 is 0 Å². The van der Waals surface area contributed by atoms with E-state index in [1.165, 1.54) is 38.9 Å².